The number of carbonyl (C=O) groups is 6. The Morgan fingerprint density at radius 2 is 1.36 bits per heavy atom. The lowest BCUT2D eigenvalue weighted by Gasteiger charge is -2.26. The maximum atomic E-state index is 14.1. The number of aliphatic hydroxyl groups is 2. The van der Waals surface area contributed by atoms with Gasteiger partial charge >= 0.3 is 6.09 Å². The molecule has 23 heteroatoms. The topological polar surface area (TPSA) is 337 Å². The van der Waals surface area contributed by atoms with Crippen LogP contribution in [0.3, 0.4) is 0 Å². The number of amides is 6. The molecule has 0 aromatic heterocycles. The van der Waals surface area contributed by atoms with Gasteiger partial charge in [0.2, 0.25) is 29.5 Å². The number of hydrogen-bond donors (Lipinski definition) is 13. The van der Waals surface area contributed by atoms with E-state index in [1.54, 1.807) is 45.0 Å². The quantitative estimate of drug-likeness (QED) is 0.0160. The third-order valence-corrected chi connectivity index (χ3v) is 12.1. The smallest absolute Gasteiger partial charge is 0.407 e. The second kappa shape index (κ2) is 30.7. The van der Waals surface area contributed by atoms with E-state index in [-0.39, 0.29) is 71.0 Å². The summed E-state index contributed by atoms with van der Waals surface area (Å²) in [4.78, 5) is 91.4. The van der Waals surface area contributed by atoms with E-state index in [4.69, 9.17) is 27.1 Å². The lowest BCUT2D eigenvalue weighted by Crippen LogP contribution is -2.58. The minimum Gasteiger partial charge on any atom is -0.508 e. The average molecular weight is 1090 g/mol. The summed E-state index contributed by atoms with van der Waals surface area (Å²) in [6, 6.07) is 9.11. The van der Waals surface area contributed by atoms with Gasteiger partial charge in [0.25, 0.3) is 0 Å². The zero-order valence-electron chi connectivity index (χ0n) is 45.1. The van der Waals surface area contributed by atoms with Gasteiger partial charge in [-0.05, 0) is 153 Å². The number of thiocarbonyl (C=S) groups is 1. The normalized spacial score (nSPS) is 13.0. The molecule has 0 spiro atoms. The number of aliphatic hydroxyl groups excluding tert-OH is 1. The molecule has 0 saturated heterocycles. The van der Waals surface area contributed by atoms with Crippen LogP contribution in [0.15, 0.2) is 63.8 Å². The molecule has 77 heavy (non-hydrogen) atoms. The fourth-order valence-corrected chi connectivity index (χ4v) is 8.34. The molecule has 0 radical (unpaired) electrons. The number of rotatable bonds is 29. The number of unbranched alkanes of at least 4 members (excludes halogenated alkanes) is 2. The number of fused-ring (bicyclic) bond motifs is 2. The molecule has 22 nitrogen and oxygen atoms in total. The number of nitrogens with two attached hydrogens (primary N) is 1. The number of phenols is 1. The molecule has 0 saturated carbocycles. The summed E-state index contributed by atoms with van der Waals surface area (Å²) in [5.41, 5.74) is 6.48. The van der Waals surface area contributed by atoms with Crippen LogP contribution in [0.2, 0.25) is 0 Å². The molecule has 14 N–H and O–H groups in total. The first-order chi connectivity index (χ1) is 36.5. The predicted octanol–water partition coefficient (Wildman–Crippen LogP) is 3.49. The van der Waals surface area contributed by atoms with Crippen molar-refractivity contribution in [2.45, 2.75) is 136 Å². The highest BCUT2D eigenvalue weighted by molar-refractivity contribution is 7.80. The summed E-state index contributed by atoms with van der Waals surface area (Å²) in [5.74, 6) is -2.42. The van der Waals surface area contributed by atoms with Crippen LogP contribution >= 0.6 is 12.2 Å². The Kier molecular flexibility index (Phi) is 25.0. The van der Waals surface area contributed by atoms with Crippen molar-refractivity contribution in [2.24, 2.45) is 11.7 Å². The number of nitrogens with one attached hydrogen (secondary N) is 9. The molecule has 6 amide bonds. The van der Waals surface area contributed by atoms with Crippen LogP contribution < -0.4 is 59.0 Å². The Balaban J connectivity index is 1.41. The second-order valence-electron chi connectivity index (χ2n) is 20.2. The van der Waals surface area contributed by atoms with Crippen LogP contribution in [0.25, 0.3) is 33.4 Å². The molecule has 4 rings (SSSR count). The Morgan fingerprint density at radius 1 is 0.701 bits per heavy atom. The van der Waals surface area contributed by atoms with Gasteiger partial charge in [0.05, 0.1) is 0 Å². The Morgan fingerprint density at radius 3 is 2.06 bits per heavy atom. The minimum atomic E-state index is -1.99. The zero-order chi connectivity index (χ0) is 56.8. The maximum absolute atomic E-state index is 14.1. The first-order valence-corrected chi connectivity index (χ1v) is 26.5. The van der Waals surface area contributed by atoms with Crippen LogP contribution in [-0.2, 0) is 28.7 Å². The van der Waals surface area contributed by atoms with Crippen LogP contribution in [0.1, 0.15) is 112 Å². The van der Waals surface area contributed by atoms with Crippen molar-refractivity contribution < 1.29 is 53.2 Å². The van der Waals surface area contributed by atoms with E-state index >= 15 is 0 Å². The van der Waals surface area contributed by atoms with Gasteiger partial charge in [-0.2, -0.15) is 0 Å². The van der Waals surface area contributed by atoms with Gasteiger partial charge in [-0.1, -0.05) is 19.9 Å². The van der Waals surface area contributed by atoms with E-state index in [9.17, 15) is 48.9 Å². The fraction of sp³-hybridized carbons (Fsp3) is 0.519. The highest BCUT2D eigenvalue weighted by Crippen LogP contribution is 2.43. The fourth-order valence-electron chi connectivity index (χ4n) is 8.05. The van der Waals surface area contributed by atoms with E-state index < -0.39 is 65.8 Å². The molecule has 2 aliphatic rings. The maximum Gasteiger partial charge on any atom is 0.407 e. The Labute approximate surface area is 454 Å². The van der Waals surface area contributed by atoms with E-state index in [2.05, 4.69) is 47.9 Å². The molecule has 0 unspecified atom stereocenters. The SMILES string of the molecule is CC(C)C[C@H](NC(=O)[C@H](CCCCNC(=O)OC(C)(C)C)NC(=O)[C@H](C)NC(=S)Nc1ccc(-c2c3ccc(=O)cc-3oc3cc(O)ccc23)c(C(O)O)c1)C(=O)N[C@@H](C)C(=O)NCCCNC(=O)CCNCCCCN. The van der Waals surface area contributed by atoms with Crippen molar-refractivity contribution in [2.75, 3.05) is 44.6 Å². The van der Waals surface area contributed by atoms with Gasteiger partial charge in [0, 0.05) is 72.5 Å². The van der Waals surface area contributed by atoms with Crippen LogP contribution in [0.4, 0.5) is 10.5 Å². The van der Waals surface area contributed by atoms with E-state index in [1.165, 1.54) is 44.2 Å². The Hall–Kier alpha value is -6.92. The zero-order valence-corrected chi connectivity index (χ0v) is 45.9. The number of ether oxygens (including phenoxy) is 1. The molecule has 4 atom stereocenters. The average Bonchev–Trinajstić information content (AvgIpc) is 3.34. The van der Waals surface area contributed by atoms with E-state index in [1.807, 2.05) is 13.8 Å². The van der Waals surface area contributed by atoms with Crippen molar-refractivity contribution in [3.8, 4) is 28.2 Å². The van der Waals surface area contributed by atoms with Gasteiger partial charge < -0.3 is 78.1 Å². The van der Waals surface area contributed by atoms with Crippen LogP contribution in [-0.4, -0.2) is 125 Å². The molecular weight excluding hydrogens is 1010 g/mol. The first-order valence-electron chi connectivity index (χ1n) is 26.1. The number of anilines is 1. The van der Waals surface area contributed by atoms with E-state index in [0.717, 1.165) is 19.4 Å². The molecule has 422 valence electrons. The molecular formula is C54H78N10O12S. The third kappa shape index (κ3) is 21.2. The van der Waals surface area contributed by atoms with Crippen molar-refractivity contribution in [1.82, 2.24) is 42.5 Å². The second-order valence-corrected chi connectivity index (χ2v) is 20.6. The van der Waals surface area contributed by atoms with Crippen molar-refractivity contribution in [3.05, 3.63) is 70.4 Å². The van der Waals surface area contributed by atoms with Crippen LogP contribution in [0, 0.1) is 5.92 Å². The monoisotopic (exact) mass is 1090 g/mol. The summed E-state index contributed by atoms with van der Waals surface area (Å²) in [7, 11) is 0. The highest BCUT2D eigenvalue weighted by Gasteiger charge is 2.30. The summed E-state index contributed by atoms with van der Waals surface area (Å²) in [5, 5.41) is 57.5. The minimum absolute atomic E-state index is 0.0342. The number of hydrogen-bond acceptors (Lipinski definition) is 15. The summed E-state index contributed by atoms with van der Waals surface area (Å²) in [6.45, 7) is 14.8. The molecule has 1 heterocycles. The summed E-state index contributed by atoms with van der Waals surface area (Å²) < 4.78 is 11.3. The highest BCUT2D eigenvalue weighted by atomic mass is 32.1. The lowest BCUT2D eigenvalue weighted by molar-refractivity contribution is -0.134. The number of phenolic OH excluding ortho intramolecular Hbond substituents is 1. The van der Waals surface area contributed by atoms with Gasteiger partial charge in [-0.25, -0.2) is 4.79 Å². The Bertz CT molecular complexity index is 2680. The molecule has 1 aliphatic heterocycles. The number of benzene rings is 3. The number of aromatic hydroxyl groups is 1. The standard InChI is InChI=1S/C54H78N10O12S/c1-31(2)27-42(50(71)60-32(3)47(68)58-25-12-24-57-45(67)20-26-56-22-11-9-21-55)64-49(70)41(13-8-10-23-59-53(74)76-54(5,6)7)63-48(69)33(4)61-52(77)62-34-14-17-37(40(28-34)51(72)73)46-38-18-15-35(65)29-43(38)75-44-30-36(66)16-19-39(44)46/h14-19,28-33,41-42,51,56,65,72-73H,8-13,20-27,55H2,1-7H3,(H,57,67)(H,58,68)(H,59,74)(H,60,71)(H,63,69)(H,64,70)(H2,61,62,77)/t32-,33-,41-,42-/m0/s1. The van der Waals surface area contributed by atoms with Gasteiger partial charge in [-0.15, -0.1) is 0 Å². The van der Waals surface area contributed by atoms with Gasteiger partial charge in [-0.3, -0.25) is 28.8 Å². The van der Waals surface area contributed by atoms with Crippen molar-refractivity contribution in [1.29, 1.82) is 0 Å². The predicted molar refractivity (Wildman–Crippen MR) is 298 cm³/mol. The lowest BCUT2D eigenvalue weighted by atomic mass is 9.90. The van der Waals surface area contributed by atoms with Gasteiger partial charge in [0.1, 0.15) is 46.9 Å². The molecule has 2 aromatic rings. The summed E-state index contributed by atoms with van der Waals surface area (Å²) in [6.07, 6.45) is 1.10. The number of carbonyl (C=O) groups excluding carboxylic acids is 6. The molecule has 0 fully saturated rings. The van der Waals surface area contributed by atoms with Crippen molar-refractivity contribution in [3.63, 3.8) is 0 Å². The largest absolute Gasteiger partial charge is 0.508 e. The summed E-state index contributed by atoms with van der Waals surface area (Å²) >= 11 is 5.57. The molecule has 1 aliphatic carbocycles. The molecule has 0 bridgehead atoms. The van der Waals surface area contributed by atoms with Gasteiger partial charge in [0.15, 0.2) is 16.8 Å². The van der Waals surface area contributed by atoms with Crippen molar-refractivity contribution >= 4 is 69.6 Å². The van der Waals surface area contributed by atoms with E-state index in [0.29, 0.717) is 73.1 Å². The third-order valence-electron chi connectivity index (χ3n) is 11.9. The number of alkyl carbamates (subject to hydrolysis) is 1. The molecule has 2 aromatic carbocycles. The van der Waals surface area contributed by atoms with Crippen LogP contribution in [0.5, 0.6) is 5.75 Å². The first kappa shape index (κ1) is 62.6.